The molecule has 2 atom stereocenters. The van der Waals surface area contributed by atoms with Crippen molar-refractivity contribution >= 4 is 0 Å². The summed E-state index contributed by atoms with van der Waals surface area (Å²) < 4.78 is 0. The summed E-state index contributed by atoms with van der Waals surface area (Å²) >= 11 is 0. The van der Waals surface area contributed by atoms with Crippen molar-refractivity contribution < 1.29 is 0 Å². The van der Waals surface area contributed by atoms with E-state index >= 15 is 0 Å². The topological polar surface area (TPSA) is 26.0 Å². The summed E-state index contributed by atoms with van der Waals surface area (Å²) in [6.07, 6.45) is 2.53. The summed E-state index contributed by atoms with van der Waals surface area (Å²) in [5, 5.41) is 0. The lowest BCUT2D eigenvalue weighted by molar-refractivity contribution is 0.422. The Bertz CT molecular complexity index is 142. The molecule has 0 amide bonds. The fourth-order valence-electron chi connectivity index (χ4n) is 1.89. The van der Waals surface area contributed by atoms with Crippen molar-refractivity contribution in [2.45, 2.75) is 25.8 Å². The van der Waals surface area contributed by atoms with E-state index < -0.39 is 0 Å². The Kier molecular flexibility index (Phi) is 0.662. The van der Waals surface area contributed by atoms with Crippen LogP contribution in [0.25, 0.3) is 0 Å². The first-order chi connectivity index (χ1) is 3.79. The van der Waals surface area contributed by atoms with Gasteiger partial charge >= 0.3 is 0 Å². The fourth-order valence-corrected chi connectivity index (χ4v) is 1.89. The van der Waals surface area contributed by atoms with Gasteiger partial charge in [0.2, 0.25) is 0 Å². The highest BCUT2D eigenvalue weighted by Gasteiger charge is 2.37. The van der Waals surface area contributed by atoms with Crippen molar-refractivity contribution in [3.05, 3.63) is 11.1 Å². The van der Waals surface area contributed by atoms with E-state index in [0.717, 1.165) is 5.92 Å². The van der Waals surface area contributed by atoms with Gasteiger partial charge in [0.25, 0.3) is 0 Å². The summed E-state index contributed by atoms with van der Waals surface area (Å²) in [6, 6.07) is 0.453. The van der Waals surface area contributed by atoms with Gasteiger partial charge in [0.05, 0.1) is 0 Å². The maximum absolute atomic E-state index is 5.70. The summed E-state index contributed by atoms with van der Waals surface area (Å²) in [5.74, 6) is 0.828. The van der Waals surface area contributed by atoms with Crippen molar-refractivity contribution in [2.75, 3.05) is 0 Å². The van der Waals surface area contributed by atoms with Crippen LogP contribution in [0.3, 0.4) is 0 Å². The molecule has 0 spiro atoms. The van der Waals surface area contributed by atoms with Gasteiger partial charge in [0.15, 0.2) is 0 Å². The van der Waals surface area contributed by atoms with E-state index in [9.17, 15) is 0 Å². The van der Waals surface area contributed by atoms with Gasteiger partial charge in [-0.25, -0.2) is 0 Å². The quantitative estimate of drug-likeness (QED) is 0.462. The zero-order valence-corrected chi connectivity index (χ0v) is 5.15. The van der Waals surface area contributed by atoms with Gasteiger partial charge in [-0.3, -0.25) is 0 Å². The Morgan fingerprint density at radius 1 is 1.50 bits per heavy atom. The van der Waals surface area contributed by atoms with Crippen LogP contribution in [0, 0.1) is 5.92 Å². The summed E-state index contributed by atoms with van der Waals surface area (Å²) in [6.45, 7) is 2.26. The zero-order valence-electron chi connectivity index (χ0n) is 5.15. The monoisotopic (exact) mass is 109 g/mol. The maximum Gasteiger partial charge on any atom is 0.0296 e. The second-order valence-corrected chi connectivity index (χ2v) is 2.97. The molecule has 0 radical (unpaired) electrons. The molecule has 2 aliphatic rings. The summed E-state index contributed by atoms with van der Waals surface area (Å²) in [4.78, 5) is 0. The molecule has 1 heteroatoms. The molecule has 0 saturated heterocycles. The molecule has 2 aliphatic carbocycles. The van der Waals surface area contributed by atoms with Gasteiger partial charge in [-0.2, -0.15) is 0 Å². The Labute approximate surface area is 49.6 Å². The Balaban J connectivity index is 2.25. The second kappa shape index (κ2) is 1.16. The summed E-state index contributed by atoms with van der Waals surface area (Å²) in [5.41, 5.74) is 8.93. The minimum atomic E-state index is 0.453. The van der Waals surface area contributed by atoms with Crippen LogP contribution in [-0.4, -0.2) is 6.04 Å². The van der Waals surface area contributed by atoms with Crippen molar-refractivity contribution in [1.29, 1.82) is 0 Å². The van der Waals surface area contributed by atoms with Crippen molar-refractivity contribution in [2.24, 2.45) is 11.7 Å². The lowest BCUT2D eigenvalue weighted by Crippen LogP contribution is -2.42. The third-order valence-corrected chi connectivity index (χ3v) is 2.36. The minimum Gasteiger partial charge on any atom is -0.324 e. The highest BCUT2D eigenvalue weighted by atomic mass is 14.7. The van der Waals surface area contributed by atoms with Crippen LogP contribution >= 0.6 is 0 Å². The highest BCUT2D eigenvalue weighted by molar-refractivity contribution is 5.41. The molecule has 0 heterocycles. The van der Waals surface area contributed by atoms with E-state index in [0.29, 0.717) is 6.04 Å². The lowest BCUT2D eigenvalue weighted by atomic mass is 9.64. The molecular formula is C7H11N. The number of hydrogen-bond acceptors (Lipinski definition) is 1. The zero-order chi connectivity index (χ0) is 5.72. The van der Waals surface area contributed by atoms with Crippen LogP contribution in [0.1, 0.15) is 19.8 Å². The molecule has 0 aromatic heterocycles. The first-order valence-electron chi connectivity index (χ1n) is 3.26. The predicted octanol–water partition coefficient (Wildman–Crippen LogP) is 1.05. The van der Waals surface area contributed by atoms with E-state index in [1.165, 1.54) is 12.8 Å². The first kappa shape index (κ1) is 4.57. The van der Waals surface area contributed by atoms with Crippen LogP contribution < -0.4 is 5.73 Å². The third-order valence-electron chi connectivity index (χ3n) is 2.36. The van der Waals surface area contributed by atoms with E-state index in [-0.39, 0.29) is 0 Å². The van der Waals surface area contributed by atoms with Crippen molar-refractivity contribution in [3.63, 3.8) is 0 Å². The molecule has 1 nitrogen and oxygen atoms in total. The average molecular weight is 109 g/mol. The summed E-state index contributed by atoms with van der Waals surface area (Å²) in [7, 11) is 0. The van der Waals surface area contributed by atoms with E-state index in [2.05, 4.69) is 6.92 Å². The molecule has 0 bridgehead atoms. The molecule has 0 aliphatic heterocycles. The van der Waals surface area contributed by atoms with Crippen LogP contribution in [-0.2, 0) is 0 Å². The largest absolute Gasteiger partial charge is 0.324 e. The molecule has 0 aromatic rings. The Morgan fingerprint density at radius 3 is 2.50 bits per heavy atom. The second-order valence-electron chi connectivity index (χ2n) is 2.97. The molecule has 0 saturated carbocycles. The average Bonchev–Trinajstić information content (AvgIpc) is 1.63. The molecule has 8 heavy (non-hydrogen) atoms. The van der Waals surface area contributed by atoms with Gasteiger partial charge in [0.1, 0.15) is 0 Å². The standard InChI is InChI=1S/C7H11N/c1-4-2-5-3-6(8)7(4)5/h4,6H,2-3,8H2,1H3. The molecule has 2 N–H and O–H groups in total. The highest BCUT2D eigenvalue weighted by Crippen LogP contribution is 2.46. The fraction of sp³-hybridized carbons (Fsp3) is 0.714. The van der Waals surface area contributed by atoms with Gasteiger partial charge in [-0.1, -0.05) is 18.1 Å². The van der Waals surface area contributed by atoms with Crippen molar-refractivity contribution in [3.8, 4) is 0 Å². The van der Waals surface area contributed by atoms with E-state index in [1.54, 1.807) is 11.1 Å². The smallest absolute Gasteiger partial charge is 0.0296 e. The predicted molar refractivity (Wildman–Crippen MR) is 33.4 cm³/mol. The molecule has 2 unspecified atom stereocenters. The van der Waals surface area contributed by atoms with Gasteiger partial charge in [0, 0.05) is 6.04 Å². The maximum atomic E-state index is 5.70. The minimum absolute atomic E-state index is 0.453. The Morgan fingerprint density at radius 2 is 2.25 bits per heavy atom. The number of rotatable bonds is 0. The van der Waals surface area contributed by atoms with Gasteiger partial charge in [-0.15, -0.1) is 0 Å². The Hall–Kier alpha value is -0.300. The first-order valence-corrected chi connectivity index (χ1v) is 3.26. The molecular weight excluding hydrogens is 98.1 g/mol. The van der Waals surface area contributed by atoms with Crippen LogP contribution in [0.2, 0.25) is 0 Å². The van der Waals surface area contributed by atoms with Crippen LogP contribution in [0.15, 0.2) is 11.1 Å². The van der Waals surface area contributed by atoms with E-state index in [1.807, 2.05) is 0 Å². The third kappa shape index (κ3) is 0.324. The molecule has 44 valence electrons. The van der Waals surface area contributed by atoms with Crippen molar-refractivity contribution in [1.82, 2.24) is 0 Å². The van der Waals surface area contributed by atoms with Gasteiger partial charge in [-0.05, 0) is 18.8 Å². The molecule has 0 aromatic carbocycles. The lowest BCUT2D eigenvalue weighted by Gasteiger charge is -2.44. The number of hydrogen-bond donors (Lipinski definition) is 1. The SMILES string of the molecule is CC1CC2=C1C(N)C2. The molecule has 2 rings (SSSR count). The normalized spacial score (nSPS) is 42.8. The van der Waals surface area contributed by atoms with Gasteiger partial charge < -0.3 is 5.73 Å². The van der Waals surface area contributed by atoms with Crippen LogP contribution in [0.5, 0.6) is 0 Å². The number of nitrogens with two attached hydrogens (primary N) is 1. The molecule has 0 fully saturated rings. The van der Waals surface area contributed by atoms with Crippen LogP contribution in [0.4, 0.5) is 0 Å². The van der Waals surface area contributed by atoms with E-state index in [4.69, 9.17) is 5.73 Å².